The molecule has 2 aromatic rings. The van der Waals surface area contributed by atoms with Crippen molar-refractivity contribution >= 4 is 29.1 Å². The predicted octanol–water partition coefficient (Wildman–Crippen LogP) is 0.830. The van der Waals surface area contributed by atoms with Gasteiger partial charge >= 0.3 is 0 Å². The van der Waals surface area contributed by atoms with E-state index in [1.54, 1.807) is 12.1 Å². The summed E-state index contributed by atoms with van der Waals surface area (Å²) in [4.78, 5) is 11.6. The van der Waals surface area contributed by atoms with Crippen LogP contribution in [0.3, 0.4) is 0 Å². The summed E-state index contributed by atoms with van der Waals surface area (Å²) in [7, 11) is 0. The van der Waals surface area contributed by atoms with Crippen LogP contribution in [0.5, 0.6) is 0 Å². The van der Waals surface area contributed by atoms with Crippen molar-refractivity contribution in [3.8, 4) is 0 Å². The minimum Gasteiger partial charge on any atom is -0.387 e. The maximum absolute atomic E-state index is 11.6. The molecule has 0 radical (unpaired) electrons. The Morgan fingerprint density at radius 2 is 2.25 bits per heavy atom. The predicted molar refractivity (Wildman–Crippen MR) is 72.2 cm³/mol. The third-order valence-electron chi connectivity index (χ3n) is 2.51. The van der Waals surface area contributed by atoms with Gasteiger partial charge in [0.1, 0.15) is 12.9 Å². The van der Waals surface area contributed by atoms with Gasteiger partial charge in [-0.25, -0.2) is 4.68 Å². The lowest BCUT2D eigenvalue weighted by Gasteiger charge is -2.13. The van der Waals surface area contributed by atoms with Crippen LogP contribution in [0, 0.1) is 0 Å². The molecule has 106 valence electrons. The number of halogens is 2. The van der Waals surface area contributed by atoms with Crippen molar-refractivity contribution < 1.29 is 9.90 Å². The molecule has 1 aromatic heterocycles. The zero-order chi connectivity index (χ0) is 14.5. The number of nitrogens with zero attached hydrogens (tertiary/aromatic N) is 4. The molecule has 0 saturated carbocycles. The zero-order valence-electron chi connectivity index (χ0n) is 10.2. The highest BCUT2D eigenvalue weighted by Gasteiger charge is 2.13. The number of amides is 1. The summed E-state index contributed by atoms with van der Waals surface area (Å²) in [6.45, 7) is 0.0103. The number of carbonyl (C=O) groups excluding carboxylic acids is 1. The second-order valence-corrected chi connectivity index (χ2v) is 4.84. The lowest BCUT2D eigenvalue weighted by Crippen LogP contribution is -2.31. The second kappa shape index (κ2) is 6.65. The number of rotatable bonds is 5. The summed E-state index contributed by atoms with van der Waals surface area (Å²) >= 11 is 11.7. The summed E-state index contributed by atoms with van der Waals surface area (Å²) in [5.74, 6) is -0.318. The molecule has 2 rings (SSSR count). The molecule has 0 fully saturated rings. The fourth-order valence-electron chi connectivity index (χ4n) is 1.55. The first-order chi connectivity index (χ1) is 9.56. The topological polar surface area (TPSA) is 92.9 Å². The van der Waals surface area contributed by atoms with Crippen molar-refractivity contribution in [1.29, 1.82) is 0 Å². The SMILES string of the molecule is O=C(Cn1cnnn1)NCC(O)c1ccc(Cl)cc1Cl. The van der Waals surface area contributed by atoms with Crippen LogP contribution in [0.15, 0.2) is 24.5 Å². The first kappa shape index (κ1) is 14.7. The number of aliphatic hydroxyl groups is 1. The quantitative estimate of drug-likeness (QED) is 0.852. The molecule has 0 aliphatic carbocycles. The first-order valence-electron chi connectivity index (χ1n) is 5.66. The van der Waals surface area contributed by atoms with Crippen molar-refractivity contribution in [3.05, 3.63) is 40.1 Å². The minimum atomic E-state index is -0.919. The monoisotopic (exact) mass is 315 g/mol. The average molecular weight is 316 g/mol. The Bertz CT molecular complexity index is 591. The zero-order valence-corrected chi connectivity index (χ0v) is 11.7. The highest BCUT2D eigenvalue weighted by molar-refractivity contribution is 6.35. The number of tetrazole rings is 1. The maximum atomic E-state index is 11.6. The van der Waals surface area contributed by atoms with Crippen LogP contribution in [0.4, 0.5) is 0 Å². The molecular formula is C11H11Cl2N5O2. The summed E-state index contributed by atoms with van der Waals surface area (Å²) in [5.41, 5.74) is 0.499. The van der Waals surface area contributed by atoms with E-state index in [2.05, 4.69) is 20.8 Å². The lowest BCUT2D eigenvalue weighted by molar-refractivity contribution is -0.122. The number of hydrogen-bond acceptors (Lipinski definition) is 5. The van der Waals surface area contributed by atoms with Gasteiger partial charge in [0.05, 0.1) is 6.10 Å². The van der Waals surface area contributed by atoms with E-state index in [0.717, 1.165) is 0 Å². The Labute approximate surface area is 124 Å². The molecule has 2 N–H and O–H groups in total. The van der Waals surface area contributed by atoms with Gasteiger partial charge in [0.15, 0.2) is 0 Å². The van der Waals surface area contributed by atoms with E-state index in [0.29, 0.717) is 15.6 Å². The van der Waals surface area contributed by atoms with Gasteiger partial charge in [-0.05, 0) is 22.6 Å². The molecule has 1 amide bonds. The summed E-state index contributed by atoms with van der Waals surface area (Å²) < 4.78 is 1.27. The molecule has 9 heteroatoms. The van der Waals surface area contributed by atoms with Crippen LogP contribution in [-0.4, -0.2) is 37.8 Å². The fraction of sp³-hybridized carbons (Fsp3) is 0.273. The lowest BCUT2D eigenvalue weighted by atomic mass is 10.1. The van der Waals surface area contributed by atoms with E-state index in [-0.39, 0.29) is 19.0 Å². The molecule has 0 spiro atoms. The molecular weight excluding hydrogens is 305 g/mol. The van der Waals surface area contributed by atoms with Crippen molar-refractivity contribution in [2.45, 2.75) is 12.6 Å². The van der Waals surface area contributed by atoms with Crippen LogP contribution < -0.4 is 5.32 Å². The number of nitrogens with one attached hydrogen (secondary N) is 1. The van der Waals surface area contributed by atoms with E-state index in [9.17, 15) is 9.90 Å². The smallest absolute Gasteiger partial charge is 0.241 e. The standard InChI is InChI=1S/C11H11Cl2N5O2/c12-7-1-2-8(9(13)3-7)10(19)4-14-11(20)5-18-6-15-16-17-18/h1-3,6,10,19H,4-5H2,(H,14,20). The molecule has 0 bridgehead atoms. The van der Waals surface area contributed by atoms with Gasteiger partial charge in [-0.2, -0.15) is 0 Å². The summed E-state index contributed by atoms with van der Waals surface area (Å²) in [5, 5.41) is 23.8. The third-order valence-corrected chi connectivity index (χ3v) is 3.07. The molecule has 0 aliphatic heterocycles. The number of aromatic nitrogens is 4. The molecule has 7 nitrogen and oxygen atoms in total. The van der Waals surface area contributed by atoms with Crippen LogP contribution in [0.1, 0.15) is 11.7 Å². The van der Waals surface area contributed by atoms with Gasteiger partial charge in [-0.15, -0.1) is 5.10 Å². The first-order valence-corrected chi connectivity index (χ1v) is 6.42. The number of hydrogen-bond donors (Lipinski definition) is 2. The third kappa shape index (κ3) is 3.89. The number of benzene rings is 1. The van der Waals surface area contributed by atoms with Crippen molar-refractivity contribution in [3.63, 3.8) is 0 Å². The Balaban J connectivity index is 1.88. The summed E-state index contributed by atoms with van der Waals surface area (Å²) in [6, 6.07) is 4.77. The van der Waals surface area contributed by atoms with Crippen molar-refractivity contribution in [1.82, 2.24) is 25.5 Å². The van der Waals surface area contributed by atoms with Gasteiger partial charge in [0, 0.05) is 22.2 Å². The van der Waals surface area contributed by atoms with E-state index in [4.69, 9.17) is 23.2 Å². The van der Waals surface area contributed by atoms with Gasteiger partial charge in [-0.1, -0.05) is 29.3 Å². The molecule has 1 unspecified atom stereocenters. The Kier molecular flexibility index (Phi) is 4.89. The Morgan fingerprint density at radius 3 is 2.90 bits per heavy atom. The van der Waals surface area contributed by atoms with E-state index in [1.807, 2.05) is 0 Å². The molecule has 1 atom stereocenters. The molecule has 1 heterocycles. The normalized spacial score (nSPS) is 12.2. The maximum Gasteiger partial charge on any atom is 0.241 e. The molecule has 1 aromatic carbocycles. The second-order valence-electron chi connectivity index (χ2n) is 3.99. The van der Waals surface area contributed by atoms with E-state index < -0.39 is 6.10 Å². The van der Waals surface area contributed by atoms with Crippen LogP contribution in [0.2, 0.25) is 10.0 Å². The van der Waals surface area contributed by atoms with Crippen LogP contribution in [0.25, 0.3) is 0 Å². The van der Waals surface area contributed by atoms with Crippen LogP contribution in [-0.2, 0) is 11.3 Å². The molecule has 20 heavy (non-hydrogen) atoms. The number of aliphatic hydroxyl groups excluding tert-OH is 1. The van der Waals surface area contributed by atoms with Gasteiger partial charge < -0.3 is 10.4 Å². The average Bonchev–Trinajstić information content (AvgIpc) is 2.89. The Morgan fingerprint density at radius 1 is 1.45 bits per heavy atom. The van der Waals surface area contributed by atoms with E-state index >= 15 is 0 Å². The number of carbonyl (C=O) groups is 1. The van der Waals surface area contributed by atoms with Crippen molar-refractivity contribution in [2.24, 2.45) is 0 Å². The minimum absolute atomic E-state index is 0.0198. The van der Waals surface area contributed by atoms with Gasteiger partial charge in [0.2, 0.25) is 5.91 Å². The fourth-order valence-corrected chi connectivity index (χ4v) is 2.08. The van der Waals surface area contributed by atoms with Gasteiger partial charge in [0.25, 0.3) is 0 Å². The molecule has 0 aliphatic rings. The largest absolute Gasteiger partial charge is 0.387 e. The van der Waals surface area contributed by atoms with Gasteiger partial charge in [-0.3, -0.25) is 4.79 Å². The van der Waals surface area contributed by atoms with Crippen LogP contribution >= 0.6 is 23.2 Å². The van der Waals surface area contributed by atoms with E-state index in [1.165, 1.54) is 17.1 Å². The highest BCUT2D eigenvalue weighted by atomic mass is 35.5. The highest BCUT2D eigenvalue weighted by Crippen LogP contribution is 2.25. The molecule has 0 saturated heterocycles. The summed E-state index contributed by atoms with van der Waals surface area (Å²) in [6.07, 6.45) is 0.407. The Hall–Kier alpha value is -1.70. The van der Waals surface area contributed by atoms with Crippen molar-refractivity contribution in [2.75, 3.05) is 6.54 Å².